The Labute approximate surface area is 90.0 Å². The molecule has 1 aromatic carbocycles. The lowest BCUT2D eigenvalue weighted by Gasteiger charge is -2.05. The molecule has 1 rings (SSSR count). The molecular weight excluding hydrogens is 250 g/mol. The van der Waals surface area contributed by atoms with Crippen molar-refractivity contribution in [3.05, 3.63) is 29.3 Å². The Kier molecular flexibility index (Phi) is 3.51. The van der Waals surface area contributed by atoms with Crippen molar-refractivity contribution in [3.63, 3.8) is 0 Å². The molecule has 0 aromatic heterocycles. The predicted molar refractivity (Wildman–Crippen MR) is 51.4 cm³/mol. The van der Waals surface area contributed by atoms with Crippen LogP contribution in [0, 0.1) is 11.6 Å². The van der Waals surface area contributed by atoms with Crippen molar-refractivity contribution in [3.8, 4) is 5.75 Å². The van der Waals surface area contributed by atoms with Crippen LogP contribution in [0.25, 0.3) is 0 Å². The highest BCUT2D eigenvalue weighted by molar-refractivity contribution is 8.13. The number of methoxy groups -OCH3 is 1. The van der Waals surface area contributed by atoms with Crippen LogP contribution in [0.5, 0.6) is 5.75 Å². The molecule has 0 amide bonds. The summed E-state index contributed by atoms with van der Waals surface area (Å²) in [6.07, 6.45) is 0. The molecule has 0 aliphatic rings. The van der Waals surface area contributed by atoms with E-state index in [0.717, 1.165) is 19.2 Å². The maximum atomic E-state index is 13.1. The maximum absolute atomic E-state index is 13.1. The minimum Gasteiger partial charge on any atom is -0.491 e. The third-order valence-corrected chi connectivity index (χ3v) is 2.61. The molecule has 0 radical (unpaired) electrons. The fourth-order valence-corrected chi connectivity index (χ4v) is 2.03. The predicted octanol–water partition coefficient (Wildman–Crippen LogP) is 2.04. The van der Waals surface area contributed by atoms with E-state index in [9.17, 15) is 17.2 Å². The minimum atomic E-state index is -3.83. The van der Waals surface area contributed by atoms with Gasteiger partial charge >= 0.3 is 0 Å². The first-order chi connectivity index (χ1) is 6.83. The largest absolute Gasteiger partial charge is 0.491 e. The second-order valence-electron chi connectivity index (χ2n) is 2.78. The summed E-state index contributed by atoms with van der Waals surface area (Å²) in [6.45, 7) is 0. The Morgan fingerprint density at radius 1 is 1.33 bits per heavy atom. The van der Waals surface area contributed by atoms with Crippen molar-refractivity contribution in [2.24, 2.45) is 0 Å². The third-order valence-electron chi connectivity index (χ3n) is 1.60. The molecule has 0 fully saturated rings. The van der Waals surface area contributed by atoms with Gasteiger partial charge in [0.05, 0.1) is 12.9 Å². The van der Waals surface area contributed by atoms with Crippen LogP contribution in [0.15, 0.2) is 12.1 Å². The van der Waals surface area contributed by atoms with Gasteiger partial charge in [-0.25, -0.2) is 17.2 Å². The summed E-state index contributed by atoms with van der Waals surface area (Å²) in [5, 5.41) is 0. The molecule has 0 heterocycles. The molecule has 0 bridgehead atoms. The summed E-state index contributed by atoms with van der Waals surface area (Å²) < 4.78 is 51.9. The quantitative estimate of drug-likeness (QED) is 0.778. The van der Waals surface area contributed by atoms with E-state index in [1.54, 1.807) is 0 Å². The van der Waals surface area contributed by atoms with Crippen LogP contribution in [-0.4, -0.2) is 15.5 Å². The van der Waals surface area contributed by atoms with E-state index in [2.05, 4.69) is 4.74 Å². The van der Waals surface area contributed by atoms with Crippen molar-refractivity contribution in [1.82, 2.24) is 0 Å². The van der Waals surface area contributed by atoms with Gasteiger partial charge in [-0.15, -0.1) is 0 Å². The van der Waals surface area contributed by atoms with Crippen LogP contribution in [0.2, 0.25) is 0 Å². The molecule has 3 nitrogen and oxygen atoms in total. The zero-order valence-electron chi connectivity index (χ0n) is 7.63. The van der Waals surface area contributed by atoms with Crippen LogP contribution in [0.4, 0.5) is 8.78 Å². The molecule has 0 aliphatic heterocycles. The lowest BCUT2D eigenvalue weighted by molar-refractivity contribution is 0.359. The van der Waals surface area contributed by atoms with Gasteiger partial charge in [0.2, 0.25) is 9.05 Å². The Hall–Kier alpha value is -0.880. The van der Waals surface area contributed by atoms with Crippen LogP contribution in [0.1, 0.15) is 5.56 Å². The zero-order chi connectivity index (χ0) is 11.6. The second kappa shape index (κ2) is 4.32. The van der Waals surface area contributed by atoms with Gasteiger partial charge in [0.1, 0.15) is 0 Å². The number of hydrogen-bond acceptors (Lipinski definition) is 3. The molecular formula is C8H7ClF2O3S. The van der Waals surface area contributed by atoms with Gasteiger partial charge in [-0.3, -0.25) is 0 Å². The summed E-state index contributed by atoms with van der Waals surface area (Å²) in [6, 6.07) is 1.73. The maximum Gasteiger partial charge on any atom is 0.236 e. The molecule has 0 aliphatic carbocycles. The number of hydrogen-bond donors (Lipinski definition) is 0. The number of benzene rings is 1. The van der Waals surface area contributed by atoms with Crippen molar-refractivity contribution in [1.29, 1.82) is 0 Å². The van der Waals surface area contributed by atoms with Gasteiger partial charge in [0, 0.05) is 10.7 Å². The average molecular weight is 257 g/mol. The number of halogens is 3. The zero-order valence-corrected chi connectivity index (χ0v) is 9.20. The number of ether oxygens (including phenoxy) is 1. The SMILES string of the molecule is COc1c(F)cc(CS(=O)(=O)Cl)cc1F. The highest BCUT2D eigenvalue weighted by Crippen LogP contribution is 2.24. The Morgan fingerprint density at radius 3 is 2.13 bits per heavy atom. The van der Waals surface area contributed by atoms with Crippen molar-refractivity contribution in [2.45, 2.75) is 5.75 Å². The van der Waals surface area contributed by atoms with Crippen molar-refractivity contribution >= 4 is 19.7 Å². The molecule has 1 aromatic rings. The van der Waals surface area contributed by atoms with Crippen molar-refractivity contribution < 1.29 is 21.9 Å². The first-order valence-corrected chi connectivity index (χ1v) is 6.25. The molecule has 0 N–H and O–H groups in total. The summed E-state index contributed by atoms with van der Waals surface area (Å²) in [7, 11) is 2.22. The fraction of sp³-hybridized carbons (Fsp3) is 0.250. The Morgan fingerprint density at radius 2 is 1.80 bits per heavy atom. The lowest BCUT2D eigenvalue weighted by Crippen LogP contribution is -1.99. The van der Waals surface area contributed by atoms with Gasteiger partial charge in [0.25, 0.3) is 0 Å². The smallest absolute Gasteiger partial charge is 0.236 e. The minimum absolute atomic E-state index is 0.0687. The monoisotopic (exact) mass is 256 g/mol. The van der Waals surface area contributed by atoms with Crippen LogP contribution in [0.3, 0.4) is 0 Å². The topological polar surface area (TPSA) is 43.4 Å². The lowest BCUT2D eigenvalue weighted by atomic mass is 10.2. The fourth-order valence-electron chi connectivity index (χ4n) is 1.09. The number of rotatable bonds is 3. The highest BCUT2D eigenvalue weighted by atomic mass is 35.7. The highest BCUT2D eigenvalue weighted by Gasteiger charge is 2.14. The molecule has 7 heteroatoms. The second-order valence-corrected chi connectivity index (χ2v) is 5.55. The van der Waals surface area contributed by atoms with E-state index in [-0.39, 0.29) is 5.56 Å². The van der Waals surface area contributed by atoms with Gasteiger partial charge in [-0.1, -0.05) is 0 Å². The van der Waals surface area contributed by atoms with E-state index < -0.39 is 32.2 Å². The summed E-state index contributed by atoms with van der Waals surface area (Å²) >= 11 is 0. The Balaban J connectivity index is 3.15. The van der Waals surface area contributed by atoms with E-state index >= 15 is 0 Å². The standard InChI is InChI=1S/C8H7ClF2O3S/c1-14-8-6(10)2-5(3-7(8)11)4-15(9,12)13/h2-3H,4H2,1H3. The van der Waals surface area contributed by atoms with Crippen LogP contribution < -0.4 is 4.74 Å². The van der Waals surface area contributed by atoms with E-state index in [1.165, 1.54) is 0 Å². The summed E-state index contributed by atoms with van der Waals surface area (Å²) in [5.41, 5.74) is -0.0687. The molecule has 0 atom stereocenters. The molecule has 0 saturated carbocycles. The summed E-state index contributed by atoms with van der Waals surface area (Å²) in [4.78, 5) is 0. The van der Waals surface area contributed by atoms with E-state index in [1.807, 2.05) is 0 Å². The van der Waals surface area contributed by atoms with Crippen LogP contribution in [-0.2, 0) is 14.8 Å². The first-order valence-electron chi connectivity index (χ1n) is 3.77. The van der Waals surface area contributed by atoms with Crippen molar-refractivity contribution in [2.75, 3.05) is 7.11 Å². The average Bonchev–Trinajstić information content (AvgIpc) is 1.99. The Bertz CT molecular complexity index is 450. The van der Waals surface area contributed by atoms with Crippen LogP contribution >= 0.6 is 10.7 Å². The molecule has 15 heavy (non-hydrogen) atoms. The van der Waals surface area contributed by atoms with Gasteiger partial charge in [-0.05, 0) is 17.7 Å². The summed E-state index contributed by atoms with van der Waals surface area (Å²) in [5.74, 6) is -3.11. The molecule has 0 saturated heterocycles. The van der Waals surface area contributed by atoms with Gasteiger partial charge in [0.15, 0.2) is 17.4 Å². The third kappa shape index (κ3) is 3.32. The first kappa shape index (κ1) is 12.2. The molecule has 0 spiro atoms. The van der Waals surface area contributed by atoms with Gasteiger partial charge < -0.3 is 4.74 Å². The van der Waals surface area contributed by atoms with E-state index in [0.29, 0.717) is 0 Å². The molecule has 84 valence electrons. The van der Waals surface area contributed by atoms with Gasteiger partial charge in [-0.2, -0.15) is 0 Å². The van der Waals surface area contributed by atoms with E-state index in [4.69, 9.17) is 10.7 Å². The molecule has 0 unspecified atom stereocenters. The normalized spacial score (nSPS) is 11.5.